The van der Waals surface area contributed by atoms with Gasteiger partial charge < -0.3 is 25.6 Å². The number of amides is 3. The maximum Gasteiger partial charge on any atom is 0.407 e. The van der Waals surface area contributed by atoms with Crippen molar-refractivity contribution in [2.45, 2.75) is 24.9 Å². The van der Waals surface area contributed by atoms with Gasteiger partial charge in [0.1, 0.15) is 11.9 Å². The Kier molecular flexibility index (Phi) is 7.67. The number of nitrogens with zero attached hydrogens (tertiary/aromatic N) is 4. The van der Waals surface area contributed by atoms with Gasteiger partial charge in [-0.25, -0.2) is 19.2 Å². The molecule has 2 aliphatic rings. The Bertz CT molecular complexity index is 1350. The summed E-state index contributed by atoms with van der Waals surface area (Å²) in [6.07, 6.45) is 2.23. The molecule has 2 saturated heterocycles. The molecule has 3 heterocycles. The van der Waals surface area contributed by atoms with Gasteiger partial charge in [-0.05, 0) is 17.2 Å². The van der Waals surface area contributed by atoms with Crippen LogP contribution < -0.4 is 16.0 Å². The van der Waals surface area contributed by atoms with Crippen LogP contribution >= 0.6 is 0 Å². The largest absolute Gasteiger partial charge is 0.444 e. The van der Waals surface area contributed by atoms with Crippen molar-refractivity contribution in [2.24, 2.45) is 5.73 Å². The normalized spacial score (nSPS) is 17.9. The number of benzene rings is 2. The number of aromatic nitrogens is 2. The fourth-order valence-electron chi connectivity index (χ4n) is 4.97. The quantitative estimate of drug-likeness (QED) is 0.455. The van der Waals surface area contributed by atoms with Gasteiger partial charge in [0.05, 0.1) is 13.0 Å². The number of carbonyl (C=O) groups excluding carboxylic acids is 3. The molecule has 2 fully saturated rings. The minimum Gasteiger partial charge on any atom is -0.444 e. The van der Waals surface area contributed by atoms with Crippen LogP contribution in [0.3, 0.4) is 0 Å². The summed E-state index contributed by atoms with van der Waals surface area (Å²) in [5.74, 6) is -1.04. The monoisotopic (exact) mass is 532 g/mol. The highest BCUT2D eigenvalue weighted by atomic mass is 19.1. The molecule has 0 saturated carbocycles. The highest BCUT2D eigenvalue weighted by Gasteiger charge is 2.33. The third-order valence-electron chi connectivity index (χ3n) is 7.06. The molecule has 10 nitrogen and oxygen atoms in total. The van der Waals surface area contributed by atoms with Gasteiger partial charge in [-0.1, -0.05) is 42.5 Å². The molecule has 2 aromatic carbocycles. The van der Waals surface area contributed by atoms with E-state index in [2.05, 4.69) is 15.3 Å². The van der Waals surface area contributed by atoms with Crippen molar-refractivity contribution >= 4 is 23.9 Å². The van der Waals surface area contributed by atoms with E-state index in [-0.39, 0.29) is 18.9 Å². The van der Waals surface area contributed by atoms with Crippen LogP contribution in [0.5, 0.6) is 0 Å². The zero-order valence-electron chi connectivity index (χ0n) is 21.3. The molecule has 202 valence electrons. The molecule has 3 aromatic rings. The predicted octanol–water partition coefficient (Wildman–Crippen LogP) is 2.24. The summed E-state index contributed by atoms with van der Waals surface area (Å²) < 4.78 is 20.4. The number of anilines is 1. The van der Waals surface area contributed by atoms with E-state index in [0.717, 1.165) is 5.56 Å². The molecule has 2 atom stereocenters. The number of hydrogen-bond acceptors (Lipinski definition) is 7. The standard InChI is InChI=1S/C28H29FN6O4/c29-23-13-19(22(14-25(30)36)24-17-33-28(38)39-24)6-7-21(23)20-15-31-27(32-16-20)35-10-8-34(9-11-35)26(37)12-18-4-2-1-3-5-18/h1-7,13,15-16,22,24H,8-12,14,17H2,(H2,30,36)(H,33,38). The minimum absolute atomic E-state index is 0.0820. The van der Waals surface area contributed by atoms with Crippen molar-refractivity contribution in [1.82, 2.24) is 20.2 Å². The molecule has 2 aliphatic heterocycles. The van der Waals surface area contributed by atoms with E-state index in [0.29, 0.717) is 55.2 Å². The van der Waals surface area contributed by atoms with Crippen LogP contribution in [0.1, 0.15) is 23.5 Å². The maximum absolute atomic E-state index is 15.2. The molecule has 1 aromatic heterocycles. The number of nitrogens with one attached hydrogen (secondary N) is 1. The second-order valence-corrected chi connectivity index (χ2v) is 9.64. The van der Waals surface area contributed by atoms with Crippen LogP contribution in [0.4, 0.5) is 15.1 Å². The van der Waals surface area contributed by atoms with Crippen molar-refractivity contribution in [2.75, 3.05) is 37.6 Å². The van der Waals surface area contributed by atoms with Crippen molar-refractivity contribution in [1.29, 1.82) is 0 Å². The summed E-state index contributed by atoms with van der Waals surface area (Å²) in [5, 5.41) is 2.55. The lowest BCUT2D eigenvalue weighted by molar-refractivity contribution is -0.130. The van der Waals surface area contributed by atoms with Gasteiger partial charge in [0.25, 0.3) is 0 Å². The molecule has 0 spiro atoms. The lowest BCUT2D eigenvalue weighted by Gasteiger charge is -2.34. The molecule has 0 radical (unpaired) electrons. The van der Waals surface area contributed by atoms with Crippen LogP contribution in [0.15, 0.2) is 60.9 Å². The van der Waals surface area contributed by atoms with Crippen molar-refractivity contribution < 1.29 is 23.5 Å². The predicted molar refractivity (Wildman–Crippen MR) is 141 cm³/mol. The second-order valence-electron chi connectivity index (χ2n) is 9.64. The minimum atomic E-state index is -0.619. The van der Waals surface area contributed by atoms with E-state index in [1.165, 1.54) is 6.07 Å². The number of cyclic esters (lactones) is 1. The topological polar surface area (TPSA) is 131 Å². The van der Waals surface area contributed by atoms with Gasteiger partial charge in [0.2, 0.25) is 17.8 Å². The number of nitrogens with two attached hydrogens (primary N) is 1. The Morgan fingerprint density at radius 1 is 1.08 bits per heavy atom. The number of ether oxygens (including phenoxy) is 1. The molecule has 5 rings (SSSR count). The Morgan fingerprint density at radius 2 is 1.79 bits per heavy atom. The summed E-state index contributed by atoms with van der Waals surface area (Å²) >= 11 is 0. The van der Waals surface area contributed by atoms with Gasteiger partial charge >= 0.3 is 6.09 Å². The number of rotatable bonds is 8. The number of carbonyl (C=O) groups is 3. The van der Waals surface area contributed by atoms with E-state index in [1.54, 1.807) is 24.5 Å². The summed E-state index contributed by atoms with van der Waals surface area (Å²) in [7, 11) is 0. The van der Waals surface area contributed by atoms with Gasteiger partial charge in [0, 0.05) is 62.0 Å². The third-order valence-corrected chi connectivity index (χ3v) is 7.06. The number of primary amides is 1. The van der Waals surface area contributed by atoms with Gasteiger partial charge in [-0.15, -0.1) is 0 Å². The van der Waals surface area contributed by atoms with Crippen LogP contribution in [0.2, 0.25) is 0 Å². The molecule has 39 heavy (non-hydrogen) atoms. The molecule has 3 amide bonds. The van der Waals surface area contributed by atoms with Crippen molar-refractivity contribution in [3.8, 4) is 11.1 Å². The second kappa shape index (κ2) is 11.5. The van der Waals surface area contributed by atoms with Gasteiger partial charge in [-0.3, -0.25) is 9.59 Å². The highest BCUT2D eigenvalue weighted by Crippen LogP contribution is 2.31. The molecule has 11 heteroatoms. The first-order valence-corrected chi connectivity index (χ1v) is 12.8. The third kappa shape index (κ3) is 6.14. The summed E-state index contributed by atoms with van der Waals surface area (Å²) in [4.78, 5) is 48.5. The Balaban J connectivity index is 1.22. The first kappa shape index (κ1) is 26.1. The molecular weight excluding hydrogens is 503 g/mol. The molecule has 0 bridgehead atoms. The smallest absolute Gasteiger partial charge is 0.407 e. The number of halogens is 1. The summed E-state index contributed by atoms with van der Waals surface area (Å²) in [5.41, 5.74) is 7.69. The molecule has 0 aliphatic carbocycles. The van der Waals surface area contributed by atoms with E-state index < -0.39 is 29.8 Å². The fraction of sp³-hybridized carbons (Fsp3) is 0.321. The maximum atomic E-state index is 15.2. The van der Waals surface area contributed by atoms with E-state index in [1.807, 2.05) is 40.1 Å². The van der Waals surface area contributed by atoms with Crippen molar-refractivity contribution in [3.05, 3.63) is 77.9 Å². The van der Waals surface area contributed by atoms with Gasteiger partial charge in [-0.2, -0.15) is 0 Å². The molecule has 2 unspecified atom stereocenters. The van der Waals surface area contributed by atoms with Crippen molar-refractivity contribution in [3.63, 3.8) is 0 Å². The average molecular weight is 533 g/mol. The number of alkyl carbamates (subject to hydrolysis) is 1. The average Bonchev–Trinajstić information content (AvgIpc) is 3.38. The van der Waals surface area contributed by atoms with E-state index in [9.17, 15) is 14.4 Å². The number of hydrogen-bond donors (Lipinski definition) is 2. The Hall–Kier alpha value is -4.54. The van der Waals surface area contributed by atoms with Crippen LogP contribution in [-0.2, 0) is 20.7 Å². The SMILES string of the molecule is NC(=O)CC(c1ccc(-c2cnc(N3CCN(C(=O)Cc4ccccc4)CC3)nc2)c(F)c1)C1CNC(=O)O1. The highest BCUT2D eigenvalue weighted by molar-refractivity contribution is 5.79. The molecule has 3 N–H and O–H groups in total. The lowest BCUT2D eigenvalue weighted by Crippen LogP contribution is -2.49. The number of piperazine rings is 1. The van der Waals surface area contributed by atoms with Crippen LogP contribution in [0.25, 0.3) is 11.1 Å². The summed E-state index contributed by atoms with van der Waals surface area (Å²) in [6.45, 7) is 2.57. The van der Waals surface area contributed by atoms with Gasteiger partial charge in [0.15, 0.2) is 0 Å². The fourth-order valence-corrected chi connectivity index (χ4v) is 4.97. The summed E-state index contributed by atoms with van der Waals surface area (Å²) in [6, 6.07) is 14.3. The first-order valence-electron chi connectivity index (χ1n) is 12.8. The Morgan fingerprint density at radius 3 is 2.41 bits per heavy atom. The van der Waals surface area contributed by atoms with E-state index in [4.69, 9.17) is 10.5 Å². The van der Waals surface area contributed by atoms with Crippen LogP contribution in [-0.4, -0.2) is 71.6 Å². The molecular formula is C28H29FN6O4. The Labute approximate surface area is 225 Å². The zero-order chi connectivity index (χ0) is 27.4. The lowest BCUT2D eigenvalue weighted by atomic mass is 9.89. The van der Waals surface area contributed by atoms with Crippen LogP contribution in [0, 0.1) is 5.82 Å². The zero-order valence-corrected chi connectivity index (χ0v) is 21.3. The van der Waals surface area contributed by atoms with E-state index >= 15 is 4.39 Å². The first-order chi connectivity index (χ1) is 18.9.